The lowest BCUT2D eigenvalue weighted by Crippen LogP contribution is -2.17. The Bertz CT molecular complexity index is 367. The smallest absolute Gasteiger partial charge is 0.208 e. The van der Waals surface area contributed by atoms with Crippen LogP contribution in [0.15, 0.2) is 28.2 Å². The fourth-order valence-electron chi connectivity index (χ4n) is 1.49. The van der Waals surface area contributed by atoms with Gasteiger partial charge in [0.1, 0.15) is 0 Å². The molecule has 0 amide bonds. The molecule has 1 saturated heterocycles. The average molecular weight is 282 g/mol. The summed E-state index contributed by atoms with van der Waals surface area (Å²) in [6, 6.07) is 0. The van der Waals surface area contributed by atoms with Crippen molar-refractivity contribution in [2.45, 2.75) is 27.7 Å². The van der Waals surface area contributed by atoms with Crippen LogP contribution in [0.2, 0.25) is 0 Å². The maximum atomic E-state index is 5.75. The summed E-state index contributed by atoms with van der Waals surface area (Å²) < 4.78 is 5.75. The second kappa shape index (κ2) is 7.63. The topological polar surface area (TPSA) is 24.8 Å². The van der Waals surface area contributed by atoms with Gasteiger partial charge in [-0.25, -0.2) is 0 Å². The predicted molar refractivity (Wildman–Crippen MR) is 85.7 cm³/mol. The molecule has 0 bridgehead atoms. The molecule has 0 unspecified atom stereocenters. The van der Waals surface area contributed by atoms with Crippen molar-refractivity contribution < 1.29 is 4.74 Å². The van der Waals surface area contributed by atoms with Gasteiger partial charge in [-0.05, 0) is 24.5 Å². The van der Waals surface area contributed by atoms with Crippen molar-refractivity contribution in [2.75, 3.05) is 32.5 Å². The molecule has 0 saturated carbocycles. The molecule has 108 valence electrons. The lowest BCUT2D eigenvalue weighted by Gasteiger charge is -2.18. The second-order valence-electron chi connectivity index (χ2n) is 5.80. The van der Waals surface area contributed by atoms with Crippen molar-refractivity contribution in [3.05, 3.63) is 23.3 Å². The molecule has 0 aromatic rings. The van der Waals surface area contributed by atoms with E-state index in [-0.39, 0.29) is 5.41 Å². The van der Waals surface area contributed by atoms with Gasteiger partial charge in [0.15, 0.2) is 0 Å². The molecule has 0 aromatic carbocycles. The normalized spacial score (nSPS) is 19.7. The fraction of sp³-hybridized carbons (Fsp3) is 0.667. The van der Waals surface area contributed by atoms with E-state index in [2.05, 4.69) is 43.8 Å². The molecular weight excluding hydrogens is 256 g/mol. The lowest BCUT2D eigenvalue weighted by atomic mass is 9.99. The zero-order valence-electron chi connectivity index (χ0n) is 12.8. The highest BCUT2D eigenvalue weighted by atomic mass is 32.2. The molecule has 4 heteroatoms. The van der Waals surface area contributed by atoms with Crippen LogP contribution in [0.5, 0.6) is 0 Å². The first-order chi connectivity index (χ1) is 8.92. The molecule has 0 aliphatic carbocycles. The highest BCUT2D eigenvalue weighted by Gasteiger charge is 2.12. The third-order valence-corrected chi connectivity index (χ3v) is 3.63. The molecule has 1 rings (SSSR count). The quantitative estimate of drug-likeness (QED) is 0.582. The van der Waals surface area contributed by atoms with E-state index >= 15 is 0 Å². The van der Waals surface area contributed by atoms with E-state index in [1.54, 1.807) is 0 Å². The molecule has 3 nitrogen and oxygen atoms in total. The number of hydrogen-bond donors (Lipinski definition) is 0. The van der Waals surface area contributed by atoms with Crippen molar-refractivity contribution in [3.63, 3.8) is 0 Å². The number of allylic oxidation sites excluding steroid dienone is 2. The van der Waals surface area contributed by atoms with Crippen LogP contribution in [0.1, 0.15) is 27.7 Å². The van der Waals surface area contributed by atoms with Gasteiger partial charge in [-0.1, -0.05) is 26.8 Å². The summed E-state index contributed by atoms with van der Waals surface area (Å²) in [5, 5.41) is 1.31. The standard InChI is InChI=1S/C15H26N2OS/c1-6-16-13(18-12-15(2,3)4)8-7-9-14-17(5)10-11-19-14/h7-9H,6,10-12H2,1-5H3/b8-7+,14-9-,16-13+. The summed E-state index contributed by atoms with van der Waals surface area (Å²) in [7, 11) is 2.12. The maximum absolute atomic E-state index is 5.75. The Balaban J connectivity index is 2.56. The van der Waals surface area contributed by atoms with E-state index in [1.807, 2.05) is 30.8 Å². The molecule has 0 spiro atoms. The van der Waals surface area contributed by atoms with Crippen molar-refractivity contribution in [1.29, 1.82) is 0 Å². The van der Waals surface area contributed by atoms with Gasteiger partial charge in [0.05, 0.1) is 11.6 Å². The Morgan fingerprint density at radius 3 is 2.74 bits per heavy atom. The van der Waals surface area contributed by atoms with Crippen molar-refractivity contribution in [2.24, 2.45) is 10.4 Å². The van der Waals surface area contributed by atoms with Crippen LogP contribution >= 0.6 is 11.8 Å². The Morgan fingerprint density at radius 2 is 2.21 bits per heavy atom. The minimum Gasteiger partial charge on any atom is -0.477 e. The number of aliphatic imine (C=N–C) groups is 1. The fourth-order valence-corrected chi connectivity index (χ4v) is 2.55. The van der Waals surface area contributed by atoms with E-state index in [0.29, 0.717) is 6.61 Å². The van der Waals surface area contributed by atoms with Crippen LogP contribution in [-0.4, -0.2) is 43.3 Å². The highest BCUT2D eigenvalue weighted by molar-refractivity contribution is 8.03. The van der Waals surface area contributed by atoms with E-state index in [9.17, 15) is 0 Å². The van der Waals surface area contributed by atoms with Crippen molar-refractivity contribution in [3.8, 4) is 0 Å². The maximum Gasteiger partial charge on any atom is 0.208 e. The summed E-state index contributed by atoms with van der Waals surface area (Å²) in [5.74, 6) is 1.90. The van der Waals surface area contributed by atoms with Gasteiger partial charge in [-0.15, -0.1) is 11.8 Å². The van der Waals surface area contributed by atoms with E-state index in [0.717, 1.165) is 19.0 Å². The van der Waals surface area contributed by atoms with Crippen molar-refractivity contribution in [1.82, 2.24) is 4.90 Å². The Kier molecular flexibility index (Phi) is 6.49. The molecule has 1 heterocycles. The van der Waals surface area contributed by atoms with Crippen molar-refractivity contribution >= 4 is 17.7 Å². The van der Waals surface area contributed by atoms with Gasteiger partial charge in [0, 0.05) is 25.9 Å². The summed E-state index contributed by atoms with van der Waals surface area (Å²) in [5.41, 5.74) is 0.155. The van der Waals surface area contributed by atoms with Crippen LogP contribution in [-0.2, 0) is 4.74 Å². The zero-order chi connectivity index (χ0) is 14.3. The molecule has 1 aliphatic heterocycles. The van der Waals surface area contributed by atoms with Crippen LogP contribution < -0.4 is 0 Å². The minimum absolute atomic E-state index is 0.155. The number of nitrogens with zero attached hydrogens (tertiary/aromatic N) is 2. The number of thioether (sulfide) groups is 1. The van der Waals surface area contributed by atoms with Gasteiger partial charge >= 0.3 is 0 Å². The highest BCUT2D eigenvalue weighted by Crippen LogP contribution is 2.25. The zero-order valence-corrected chi connectivity index (χ0v) is 13.6. The van der Waals surface area contributed by atoms with E-state index in [4.69, 9.17) is 4.74 Å². The van der Waals surface area contributed by atoms with Gasteiger partial charge < -0.3 is 9.64 Å². The summed E-state index contributed by atoms with van der Waals surface area (Å²) in [6.07, 6.45) is 6.11. The summed E-state index contributed by atoms with van der Waals surface area (Å²) in [4.78, 5) is 6.63. The number of rotatable bonds is 4. The molecule has 0 atom stereocenters. The molecule has 0 aromatic heterocycles. The Morgan fingerprint density at radius 1 is 1.47 bits per heavy atom. The van der Waals surface area contributed by atoms with Crippen LogP contribution in [0.4, 0.5) is 0 Å². The average Bonchev–Trinajstić information content (AvgIpc) is 2.71. The molecule has 1 fully saturated rings. The van der Waals surface area contributed by atoms with Crippen LogP contribution in [0.25, 0.3) is 0 Å². The molecule has 1 aliphatic rings. The largest absolute Gasteiger partial charge is 0.477 e. The first-order valence-corrected chi connectivity index (χ1v) is 7.80. The third-order valence-electron chi connectivity index (χ3n) is 2.50. The Labute approximate surface area is 121 Å². The third kappa shape index (κ3) is 6.71. The minimum atomic E-state index is 0.155. The second-order valence-corrected chi connectivity index (χ2v) is 6.91. The van der Waals surface area contributed by atoms with Gasteiger partial charge in [-0.2, -0.15) is 0 Å². The summed E-state index contributed by atoms with van der Waals surface area (Å²) >= 11 is 1.89. The van der Waals surface area contributed by atoms with Gasteiger partial charge in [0.2, 0.25) is 5.90 Å². The van der Waals surface area contributed by atoms with Gasteiger partial charge in [0.25, 0.3) is 0 Å². The molecule has 19 heavy (non-hydrogen) atoms. The Hall–Kier alpha value is -0.900. The van der Waals surface area contributed by atoms with Crippen LogP contribution in [0.3, 0.4) is 0 Å². The van der Waals surface area contributed by atoms with E-state index < -0.39 is 0 Å². The van der Waals surface area contributed by atoms with E-state index in [1.165, 1.54) is 10.8 Å². The molecule has 0 N–H and O–H groups in total. The predicted octanol–water partition coefficient (Wildman–Crippen LogP) is 3.54. The van der Waals surface area contributed by atoms with Gasteiger partial charge in [-0.3, -0.25) is 4.99 Å². The molecular formula is C15H26N2OS. The lowest BCUT2D eigenvalue weighted by molar-refractivity contribution is 0.188. The van der Waals surface area contributed by atoms with Crippen LogP contribution in [0, 0.1) is 5.41 Å². The first-order valence-electron chi connectivity index (χ1n) is 6.82. The first kappa shape index (κ1) is 16.2. The SMILES string of the molecule is CC\N=C(/C=C/C=C1\SCCN1C)OCC(C)(C)C. The number of hydrogen-bond acceptors (Lipinski definition) is 4. The summed E-state index contributed by atoms with van der Waals surface area (Å²) in [6.45, 7) is 11.1. The number of ether oxygens (including phenoxy) is 1. The monoisotopic (exact) mass is 282 g/mol. The molecule has 0 radical (unpaired) electrons.